The predicted molar refractivity (Wildman–Crippen MR) is 390 cm³/mol. The average molecular weight is 1500 g/mol. The molecule has 3 aliphatic heterocycles. The summed E-state index contributed by atoms with van der Waals surface area (Å²) < 4.78 is 9.78. The predicted octanol–water partition coefficient (Wildman–Crippen LogP) is 12.5. The molecule has 0 spiro atoms. The zero-order valence-electron chi connectivity index (χ0n) is 55.6. The van der Waals surface area contributed by atoms with E-state index < -0.39 is 53.8 Å². The number of aromatic nitrogens is 4. The topological polar surface area (TPSA) is 281 Å². The smallest absolute Gasteiger partial charge is 0.328 e. The van der Waals surface area contributed by atoms with E-state index in [1.807, 2.05) is 65.6 Å². The average Bonchev–Trinajstić information content (AvgIpc) is 0.843. The number of amides is 5. The lowest BCUT2D eigenvalue weighted by molar-refractivity contribution is -0.143. The number of esters is 2. The highest BCUT2D eigenvalue weighted by Crippen LogP contribution is 2.33. The third-order valence-electron chi connectivity index (χ3n) is 17.9. The van der Waals surface area contributed by atoms with Gasteiger partial charge < -0.3 is 45.6 Å². The number of piperidine rings is 3. The van der Waals surface area contributed by atoms with Crippen LogP contribution >= 0.6 is 69.6 Å². The zero-order valence-corrected chi connectivity index (χ0v) is 60.2. The largest absolute Gasteiger partial charge is 0.480 e. The van der Waals surface area contributed by atoms with Crippen molar-refractivity contribution in [3.63, 3.8) is 0 Å². The summed E-state index contributed by atoms with van der Waals surface area (Å²) >= 11 is 36.6. The first-order chi connectivity index (χ1) is 49.2. The number of likely N-dealkylation sites (tertiary alicyclic amines) is 2. The van der Waals surface area contributed by atoms with E-state index in [1.54, 1.807) is 53.6 Å². The van der Waals surface area contributed by atoms with Gasteiger partial charge in [-0.2, -0.15) is 0 Å². The molecule has 6 aromatic carbocycles. The van der Waals surface area contributed by atoms with E-state index in [-0.39, 0.29) is 71.5 Å². The van der Waals surface area contributed by atoms with Gasteiger partial charge in [0.25, 0.3) is 29.5 Å². The number of carboxylic acid groups (broad SMARTS) is 1. The summed E-state index contributed by atoms with van der Waals surface area (Å²) in [5.74, 6) is -3.00. The number of carboxylic acids is 1. The van der Waals surface area contributed by atoms with E-state index in [1.165, 1.54) is 62.9 Å². The molecule has 3 atom stereocenters. The molecule has 21 nitrogen and oxygen atoms in total. The molecule has 2 aromatic heterocycles. The van der Waals surface area contributed by atoms with E-state index in [2.05, 4.69) is 53.3 Å². The second kappa shape index (κ2) is 37.7. The minimum Gasteiger partial charge on any atom is -0.480 e. The van der Waals surface area contributed by atoms with Crippen LogP contribution in [0.2, 0.25) is 30.1 Å². The molecule has 0 aliphatic carbocycles. The van der Waals surface area contributed by atoms with Crippen molar-refractivity contribution >= 4 is 117 Å². The number of hydrogen-bond donors (Lipinski definition) is 5. The van der Waals surface area contributed by atoms with Crippen molar-refractivity contribution in [1.82, 2.24) is 51.0 Å². The molecule has 0 saturated carbocycles. The van der Waals surface area contributed by atoms with Crippen molar-refractivity contribution in [2.24, 2.45) is 0 Å². The number of hydrogen-bond acceptors (Lipinski definition) is 15. The number of benzene rings is 6. The molecule has 5 amide bonds. The van der Waals surface area contributed by atoms with Crippen molar-refractivity contribution in [1.29, 1.82) is 0 Å². The summed E-state index contributed by atoms with van der Waals surface area (Å²) in [5.41, 5.74) is 7.16. The van der Waals surface area contributed by atoms with E-state index in [4.69, 9.17) is 79.1 Å². The lowest BCUT2D eigenvalue weighted by atomic mass is 9.88. The third-order valence-corrected chi connectivity index (χ3v) is 19.8. The molecule has 5 heterocycles. The molecule has 11 rings (SSSR count). The van der Waals surface area contributed by atoms with E-state index in [9.17, 15) is 43.5 Å². The number of nitrogens with zero attached hydrogens (tertiary/aromatic N) is 6. The van der Waals surface area contributed by atoms with Crippen molar-refractivity contribution in [3.8, 4) is 0 Å². The van der Waals surface area contributed by atoms with Gasteiger partial charge in [0.15, 0.2) is 0 Å². The summed E-state index contributed by atoms with van der Waals surface area (Å²) in [5, 5.41) is 22.1. The number of carbonyl (C=O) groups is 8. The molecule has 102 heavy (non-hydrogen) atoms. The Morgan fingerprint density at radius 1 is 0.441 bits per heavy atom. The number of ether oxygens (including phenoxy) is 2. The minimum absolute atomic E-state index is 0.0477. The second-order valence-electron chi connectivity index (χ2n) is 24.4. The highest BCUT2D eigenvalue weighted by Gasteiger charge is 2.31. The first-order valence-corrected chi connectivity index (χ1v) is 35.2. The molecular formula is C75H74Cl6N10O11. The maximum absolute atomic E-state index is 12.8. The van der Waals surface area contributed by atoms with Gasteiger partial charge in [0.05, 0.1) is 73.4 Å². The fourth-order valence-corrected chi connectivity index (χ4v) is 14.0. The SMILES string of the molecule is COC(=O)[C@H](Cc1ccc(C2CCN(C(=O)c3cnccn3)CC2)cc1)NC(=O)c1c(Cl)cccc1Cl.COC(=O)[C@H](Cc1ccc(C2CCNCC2)cc1)NC(=O)c1c(Cl)cccc1Cl.O=C(N[C@@H](Cc1ccc(C2CCN(C(=O)c3cnccn3)CC2)cc1)C(=O)O)c1c(Cl)cccc1Cl. The van der Waals surface area contributed by atoms with E-state index >= 15 is 0 Å². The molecule has 3 aliphatic rings. The normalized spacial score (nSPS) is 14.9. The lowest BCUT2D eigenvalue weighted by Crippen LogP contribution is -2.43. The summed E-state index contributed by atoms with van der Waals surface area (Å²) in [6.45, 7) is 4.60. The highest BCUT2D eigenvalue weighted by molar-refractivity contribution is 6.41. The first-order valence-electron chi connectivity index (χ1n) is 32.9. The molecule has 0 bridgehead atoms. The summed E-state index contributed by atoms with van der Waals surface area (Å²) in [4.78, 5) is 120. The van der Waals surface area contributed by atoms with Crippen LogP contribution in [0.4, 0.5) is 0 Å². The summed E-state index contributed by atoms with van der Waals surface area (Å²) in [6, 6.07) is 35.2. The van der Waals surface area contributed by atoms with Gasteiger partial charge in [-0.25, -0.2) is 24.4 Å². The fourth-order valence-electron chi connectivity index (χ4n) is 12.3. The Bertz CT molecular complexity index is 4160. The number of methoxy groups -OCH3 is 2. The van der Waals surface area contributed by atoms with Crippen LogP contribution in [0.15, 0.2) is 165 Å². The quantitative estimate of drug-likeness (QED) is 0.0443. The van der Waals surface area contributed by atoms with Crippen LogP contribution in [0.25, 0.3) is 0 Å². The van der Waals surface area contributed by atoms with Gasteiger partial charge >= 0.3 is 17.9 Å². The van der Waals surface area contributed by atoms with Crippen LogP contribution in [-0.2, 0) is 43.1 Å². The van der Waals surface area contributed by atoms with E-state index in [0.717, 1.165) is 79.4 Å². The molecule has 0 radical (unpaired) electrons. The Labute approximate surface area is 620 Å². The van der Waals surface area contributed by atoms with Crippen LogP contribution in [-0.4, -0.2) is 154 Å². The number of carbonyl (C=O) groups excluding carboxylic acids is 7. The van der Waals surface area contributed by atoms with Crippen molar-refractivity contribution in [2.45, 2.75) is 93.7 Å². The second-order valence-corrected chi connectivity index (χ2v) is 26.9. The Kier molecular flexibility index (Phi) is 28.5. The van der Waals surface area contributed by atoms with Gasteiger partial charge in [-0.15, -0.1) is 0 Å². The molecule has 0 unspecified atom stereocenters. The van der Waals surface area contributed by atoms with Crippen LogP contribution < -0.4 is 21.3 Å². The molecule has 27 heteroatoms. The Morgan fingerprint density at radius 2 is 0.735 bits per heavy atom. The maximum atomic E-state index is 12.8. The number of rotatable bonds is 20. The molecule has 5 N–H and O–H groups in total. The number of halogens is 6. The van der Waals surface area contributed by atoms with Gasteiger partial charge in [0.2, 0.25) is 0 Å². The van der Waals surface area contributed by atoms with Gasteiger partial charge in [0.1, 0.15) is 29.5 Å². The Hall–Kier alpha value is -9.06. The molecule has 532 valence electrons. The number of nitrogens with one attached hydrogen (secondary N) is 4. The zero-order chi connectivity index (χ0) is 72.8. The van der Waals surface area contributed by atoms with Gasteiger partial charge in [-0.3, -0.25) is 33.9 Å². The van der Waals surface area contributed by atoms with E-state index in [0.29, 0.717) is 61.7 Å². The lowest BCUT2D eigenvalue weighted by Gasteiger charge is -2.32. The van der Waals surface area contributed by atoms with Crippen LogP contribution in [0, 0.1) is 0 Å². The van der Waals surface area contributed by atoms with Crippen LogP contribution in [0.1, 0.15) is 142 Å². The maximum Gasteiger partial charge on any atom is 0.328 e. The molecular weight excluding hydrogens is 1430 g/mol. The van der Waals surface area contributed by atoms with Crippen molar-refractivity contribution < 1.29 is 52.9 Å². The minimum atomic E-state index is -1.16. The van der Waals surface area contributed by atoms with Gasteiger partial charge in [-0.1, -0.05) is 161 Å². The Balaban J connectivity index is 0.000000179. The van der Waals surface area contributed by atoms with Crippen LogP contribution in [0.3, 0.4) is 0 Å². The summed E-state index contributed by atoms with van der Waals surface area (Å²) in [7, 11) is 2.57. The fraction of sp³-hybridized carbons (Fsp3) is 0.307. The molecule has 8 aromatic rings. The molecule has 3 fully saturated rings. The third kappa shape index (κ3) is 21.1. The molecule has 3 saturated heterocycles. The first kappa shape index (κ1) is 77.1. The van der Waals surface area contributed by atoms with Crippen molar-refractivity contribution in [3.05, 3.63) is 256 Å². The monoisotopic (exact) mass is 1500 g/mol. The number of aliphatic carboxylic acids is 1. The van der Waals surface area contributed by atoms with Crippen molar-refractivity contribution in [2.75, 3.05) is 53.5 Å². The Morgan fingerprint density at radius 3 is 1.02 bits per heavy atom. The standard InChI is InChI=1S/C27H26Cl2N4O4.C26H24Cl2N4O4.C22H24Cl2N2O3/c1-37-27(36)22(32-25(34)24-20(28)3-2-4-21(24)29)15-17-5-7-18(8-6-17)19-9-13-33(14-10-19)26(35)23-16-30-11-12-31-23;27-19-2-1-3-20(28)23(19)24(33)31-21(26(35)36)14-16-4-6-17(7-5-16)18-8-12-32(13-9-18)25(34)22-15-29-10-11-30-22;1-29-22(28)19(26-21(27)20-17(23)3-2-4-18(20)24)13-14-5-7-15(8-6-14)16-9-11-25-12-10-16/h2-8,11-12,16,19,22H,9-10,13-15H2,1H3,(H,32,34);1-7,10-11,15,18,21H,8-9,12-14H2,(H,31,33)(H,35,36);2-8,16,19,25H,9-13H2,1H3,(H,26,27)/t22-;21-;19-/m000/s1. The van der Waals surface area contributed by atoms with Gasteiger partial charge in [-0.05, 0) is 139 Å². The highest BCUT2D eigenvalue weighted by atomic mass is 35.5. The van der Waals surface area contributed by atoms with Gasteiger partial charge in [0, 0.05) is 70.2 Å². The summed E-state index contributed by atoms with van der Waals surface area (Å²) in [6.07, 6.45) is 15.3. The van der Waals surface area contributed by atoms with Crippen LogP contribution in [0.5, 0.6) is 0 Å².